The Balaban J connectivity index is 2.22. The van der Waals surface area contributed by atoms with E-state index in [1.807, 2.05) is 12.1 Å². The number of nitrogens with one attached hydrogen (secondary N) is 2. The molecule has 32 heavy (non-hydrogen) atoms. The molecule has 0 aliphatic heterocycles. The predicted octanol–water partition coefficient (Wildman–Crippen LogP) is 1.29. The maximum Gasteiger partial charge on any atom is 0.351 e. The predicted molar refractivity (Wildman–Crippen MR) is 120 cm³/mol. The van der Waals surface area contributed by atoms with Crippen molar-refractivity contribution in [1.82, 2.24) is 15.0 Å². The molecule has 0 amide bonds. The van der Waals surface area contributed by atoms with Crippen LogP contribution in [0.5, 0.6) is 0 Å². The summed E-state index contributed by atoms with van der Waals surface area (Å²) in [6, 6.07) is 14.2. The summed E-state index contributed by atoms with van der Waals surface area (Å²) in [6.45, 7) is 3.49. The van der Waals surface area contributed by atoms with Gasteiger partial charge in [0.25, 0.3) is 0 Å². The summed E-state index contributed by atoms with van der Waals surface area (Å²) in [7, 11) is 0. The number of thiazole rings is 1. The van der Waals surface area contributed by atoms with E-state index in [1.165, 1.54) is 4.57 Å². The Morgan fingerprint density at radius 3 is 2.62 bits per heavy atom. The number of carbonyl (C=O) groups is 1. The number of hydrogen-bond acceptors (Lipinski definition) is 9. The largest absolute Gasteiger partial charge is 0.493 e. The second-order valence-electron chi connectivity index (χ2n) is 6.36. The lowest BCUT2D eigenvalue weighted by molar-refractivity contribution is -0.136. The molecule has 2 heterocycles. The van der Waals surface area contributed by atoms with Crippen LogP contribution >= 0.6 is 11.3 Å². The molecule has 0 atom stereocenters. The summed E-state index contributed by atoms with van der Waals surface area (Å²) >= 11 is 0.910. The first-order chi connectivity index (χ1) is 15.5. The van der Waals surface area contributed by atoms with Crippen LogP contribution in [0.2, 0.25) is 0 Å². The van der Waals surface area contributed by atoms with Gasteiger partial charge in [-0.05, 0) is 38.1 Å². The Morgan fingerprint density at radius 2 is 2.00 bits per heavy atom. The molecule has 0 spiro atoms. The first kappa shape index (κ1) is 22.5. The molecule has 0 unspecified atom stereocenters. The number of hydrazone groups is 1. The average molecular weight is 449 g/mol. The van der Waals surface area contributed by atoms with Crippen molar-refractivity contribution in [3.63, 3.8) is 0 Å². The van der Waals surface area contributed by atoms with E-state index in [4.69, 9.17) is 10.1 Å². The van der Waals surface area contributed by atoms with Crippen molar-refractivity contribution in [2.45, 2.75) is 13.8 Å². The number of carbonyl (C=O) groups excluding carboxylic acids is 1. The third-order valence-electron chi connectivity index (χ3n) is 4.30. The van der Waals surface area contributed by atoms with Gasteiger partial charge in [-0.25, -0.2) is 10.2 Å². The van der Waals surface area contributed by atoms with Gasteiger partial charge in [0.15, 0.2) is 11.1 Å². The van der Waals surface area contributed by atoms with E-state index in [0.29, 0.717) is 11.4 Å². The van der Waals surface area contributed by atoms with Crippen LogP contribution in [0, 0.1) is 16.7 Å². The number of rotatable bonds is 6. The number of aliphatic hydroxyl groups excluding tert-OH is 1. The van der Waals surface area contributed by atoms with Gasteiger partial charge in [-0.3, -0.25) is 15.0 Å². The summed E-state index contributed by atoms with van der Waals surface area (Å²) in [5, 5.41) is 33.0. The Morgan fingerprint density at radius 1 is 1.31 bits per heavy atom. The van der Waals surface area contributed by atoms with Gasteiger partial charge in [0, 0.05) is 23.6 Å². The minimum atomic E-state index is -0.800. The molecule has 0 bridgehead atoms. The fraction of sp³-hybridized carbons (Fsp3) is 0.136. The van der Waals surface area contributed by atoms with Crippen LogP contribution in [0.1, 0.15) is 19.4 Å². The highest BCUT2D eigenvalue weighted by atomic mass is 32.1. The fourth-order valence-electron chi connectivity index (χ4n) is 2.77. The van der Waals surface area contributed by atoms with Crippen molar-refractivity contribution < 1.29 is 14.6 Å². The van der Waals surface area contributed by atoms with Gasteiger partial charge in [-0.1, -0.05) is 18.2 Å². The highest BCUT2D eigenvalue weighted by molar-refractivity contribution is 7.07. The molecule has 2 aromatic heterocycles. The van der Waals surface area contributed by atoms with Crippen LogP contribution in [0.25, 0.3) is 17.1 Å². The highest BCUT2D eigenvalue weighted by Crippen LogP contribution is 2.04. The maximum absolute atomic E-state index is 12.4. The van der Waals surface area contributed by atoms with Crippen molar-refractivity contribution in [2.75, 3.05) is 6.61 Å². The van der Waals surface area contributed by atoms with E-state index in [-0.39, 0.29) is 32.7 Å². The summed E-state index contributed by atoms with van der Waals surface area (Å²) < 4.78 is 6.68. The highest BCUT2D eigenvalue weighted by Gasteiger charge is 2.18. The molecule has 0 radical (unpaired) electrons. The minimum absolute atomic E-state index is 0.100. The van der Waals surface area contributed by atoms with Gasteiger partial charge >= 0.3 is 5.97 Å². The first-order valence-corrected chi connectivity index (χ1v) is 10.4. The molecular weight excluding hydrogens is 428 g/mol. The molecule has 3 rings (SSSR count). The first-order valence-electron chi connectivity index (χ1n) is 9.55. The van der Waals surface area contributed by atoms with E-state index in [0.717, 1.165) is 16.9 Å². The molecule has 0 saturated heterocycles. The Hall–Kier alpha value is -4.23. The zero-order valence-corrected chi connectivity index (χ0v) is 18.2. The average Bonchev–Trinajstić information content (AvgIpc) is 3.15. The van der Waals surface area contributed by atoms with Gasteiger partial charge < -0.3 is 9.84 Å². The monoisotopic (exact) mass is 448 g/mol. The normalized spacial score (nSPS) is 13.1. The number of para-hydroxylation sites is 1. The van der Waals surface area contributed by atoms with Crippen LogP contribution in [0.3, 0.4) is 0 Å². The zero-order chi connectivity index (χ0) is 23.1. The molecule has 10 heteroatoms. The molecule has 1 aromatic carbocycles. The number of esters is 1. The smallest absolute Gasteiger partial charge is 0.351 e. The number of benzene rings is 1. The molecule has 9 nitrogen and oxygen atoms in total. The van der Waals surface area contributed by atoms with Crippen LogP contribution in [0.15, 0.2) is 60.0 Å². The number of hydrogen-bond donors (Lipinski definition) is 3. The SMILES string of the molecule is CCOC(=O)/C(C#N)=c1\s/c(=C(\O)N/N=C(\C)c2ccncc2)c(=N)n1-c1ccccc1. The number of aliphatic hydroxyl groups is 1. The van der Waals surface area contributed by atoms with Crippen LogP contribution in [-0.4, -0.2) is 32.9 Å². The van der Waals surface area contributed by atoms with Crippen molar-refractivity contribution in [2.24, 2.45) is 5.10 Å². The zero-order valence-electron chi connectivity index (χ0n) is 17.4. The Labute approximate surface area is 187 Å². The molecule has 0 saturated carbocycles. The van der Waals surface area contributed by atoms with E-state index in [9.17, 15) is 15.2 Å². The molecule has 0 aliphatic rings. The summed E-state index contributed by atoms with van der Waals surface area (Å²) in [5.74, 6) is -1.18. The van der Waals surface area contributed by atoms with Crippen molar-refractivity contribution in [3.05, 3.63) is 75.1 Å². The van der Waals surface area contributed by atoms with Crippen molar-refractivity contribution in [3.8, 4) is 11.8 Å². The van der Waals surface area contributed by atoms with Crippen LogP contribution < -0.4 is 20.1 Å². The molecule has 3 N–H and O–H groups in total. The van der Waals surface area contributed by atoms with E-state index >= 15 is 0 Å². The Kier molecular flexibility index (Phi) is 7.15. The molecule has 0 aliphatic carbocycles. The van der Waals surface area contributed by atoms with Crippen molar-refractivity contribution >= 4 is 34.5 Å². The summed E-state index contributed by atoms with van der Waals surface area (Å²) in [6.07, 6.45) is 3.26. The minimum Gasteiger partial charge on any atom is -0.493 e. The lowest BCUT2D eigenvalue weighted by Gasteiger charge is -2.04. The van der Waals surface area contributed by atoms with Crippen LogP contribution in [0.4, 0.5) is 0 Å². The van der Waals surface area contributed by atoms with Crippen LogP contribution in [-0.2, 0) is 9.53 Å². The van der Waals surface area contributed by atoms with Gasteiger partial charge in [-0.2, -0.15) is 10.4 Å². The standard InChI is InChI=1S/C22H20N6O3S/c1-3-31-22(30)17(13-23)21-28(16-7-5-4-6-8-16)19(24)18(32-21)20(29)27-26-14(2)15-9-11-25-12-10-15/h4-12,24,27,29H,3H2,1-2H3/b20-18-,21-17-,24-19?,26-14+. The quantitative estimate of drug-likeness (QED) is 0.295. The third-order valence-corrected chi connectivity index (χ3v) is 5.47. The topological polar surface area (TPSA) is 136 Å². The number of ether oxygens (including phenoxy) is 1. The van der Waals surface area contributed by atoms with E-state index < -0.39 is 5.97 Å². The van der Waals surface area contributed by atoms with Gasteiger partial charge in [-0.15, -0.1) is 11.3 Å². The summed E-state index contributed by atoms with van der Waals surface area (Å²) in [4.78, 5) is 16.3. The maximum atomic E-state index is 12.4. The number of aromatic nitrogens is 2. The van der Waals surface area contributed by atoms with E-state index in [1.54, 1.807) is 62.6 Å². The second kappa shape index (κ2) is 10.2. The lowest BCUT2D eigenvalue weighted by atomic mass is 10.2. The second-order valence-corrected chi connectivity index (χ2v) is 7.36. The molecule has 3 aromatic rings. The molecular formula is C22H20N6O3S. The molecule has 162 valence electrons. The van der Waals surface area contributed by atoms with Gasteiger partial charge in [0.1, 0.15) is 15.3 Å². The number of nitriles is 1. The fourth-order valence-corrected chi connectivity index (χ4v) is 3.81. The van der Waals surface area contributed by atoms with Crippen molar-refractivity contribution in [1.29, 1.82) is 10.7 Å². The lowest BCUT2D eigenvalue weighted by Crippen LogP contribution is -2.34. The van der Waals surface area contributed by atoms with Gasteiger partial charge in [0.05, 0.1) is 12.3 Å². The molecule has 0 fully saturated rings. The van der Waals surface area contributed by atoms with Gasteiger partial charge in [0.2, 0.25) is 5.88 Å². The summed E-state index contributed by atoms with van der Waals surface area (Å²) in [5.41, 5.74) is 4.12. The third kappa shape index (κ3) is 4.74. The Bertz CT molecular complexity index is 1370. The van der Waals surface area contributed by atoms with E-state index in [2.05, 4.69) is 15.5 Å². The number of pyridine rings is 1. The number of nitrogens with zero attached hydrogens (tertiary/aromatic N) is 4.